The van der Waals surface area contributed by atoms with Gasteiger partial charge in [0.15, 0.2) is 6.61 Å². The quantitative estimate of drug-likeness (QED) is 0.124. The molecule has 0 aliphatic heterocycles. The average molecular weight is 774 g/mol. The molecule has 2 rings (SSSR count). The summed E-state index contributed by atoms with van der Waals surface area (Å²) in [5, 5.41) is 0. The van der Waals surface area contributed by atoms with E-state index < -0.39 is 77.9 Å². The lowest BCUT2D eigenvalue weighted by atomic mass is 9.77. The second kappa shape index (κ2) is 14.0. The summed E-state index contributed by atoms with van der Waals surface area (Å²) in [5.41, 5.74) is -0.121. The zero-order chi connectivity index (χ0) is 39.2. The molecule has 1 aliphatic rings. The predicted octanol–water partition coefficient (Wildman–Crippen LogP) is 11.3. The van der Waals surface area contributed by atoms with E-state index in [1.165, 1.54) is 12.1 Å². The Hall–Kier alpha value is -2.71. The molecular weight excluding hydrogens is 748 g/mol. The van der Waals surface area contributed by atoms with Crippen LogP contribution < -0.4 is 0 Å². The standard InChI is InChI=1S/C28H26F20O2/c1-2-3-4-14-5-7-15(8-6-14)16-9-11-17(12-10-16)18(49)50-13-20(31,32)22(35,36)24(39,40)26(43,44)28(47,48)27(45,46)25(41,42)23(37,38)21(33,34)19(29)30/h9-12,14-15,19H,2-8,13H2,1H3/t14-,15-. The van der Waals surface area contributed by atoms with Crippen LogP contribution in [0.3, 0.4) is 0 Å². The molecule has 1 aromatic carbocycles. The molecule has 0 saturated heterocycles. The van der Waals surface area contributed by atoms with Gasteiger partial charge >= 0.3 is 65.7 Å². The highest BCUT2D eigenvalue weighted by Gasteiger charge is 2.96. The number of carbonyl (C=O) groups is 1. The van der Waals surface area contributed by atoms with Crippen molar-refractivity contribution in [1.29, 1.82) is 0 Å². The molecule has 0 bridgehead atoms. The van der Waals surface area contributed by atoms with E-state index in [1.807, 2.05) is 6.92 Å². The third-order valence-corrected chi connectivity index (χ3v) is 8.33. The van der Waals surface area contributed by atoms with E-state index in [1.54, 1.807) is 0 Å². The van der Waals surface area contributed by atoms with Gasteiger partial charge in [0.25, 0.3) is 0 Å². The van der Waals surface area contributed by atoms with Crippen LogP contribution in [0, 0.1) is 5.92 Å². The molecule has 2 nitrogen and oxygen atoms in total. The van der Waals surface area contributed by atoms with Gasteiger partial charge in [-0.15, -0.1) is 0 Å². The second-order valence-corrected chi connectivity index (χ2v) is 11.7. The number of benzene rings is 1. The molecule has 50 heavy (non-hydrogen) atoms. The Balaban J connectivity index is 2.29. The molecule has 0 radical (unpaired) electrons. The topological polar surface area (TPSA) is 26.3 Å². The molecule has 0 heterocycles. The monoisotopic (exact) mass is 774 g/mol. The lowest BCUT2D eigenvalue weighted by molar-refractivity contribution is -0.465. The van der Waals surface area contributed by atoms with Crippen LogP contribution in [-0.2, 0) is 4.74 Å². The average Bonchev–Trinajstić information content (AvgIpc) is 3.02. The van der Waals surface area contributed by atoms with Gasteiger partial charge < -0.3 is 4.74 Å². The minimum absolute atomic E-state index is 0.0256. The molecule has 1 aromatic rings. The Morgan fingerprint density at radius 1 is 0.640 bits per heavy atom. The van der Waals surface area contributed by atoms with E-state index in [4.69, 9.17) is 0 Å². The van der Waals surface area contributed by atoms with Gasteiger partial charge in [0.1, 0.15) is 0 Å². The van der Waals surface area contributed by atoms with Gasteiger partial charge in [0.2, 0.25) is 0 Å². The number of esters is 1. The molecule has 1 fully saturated rings. The van der Waals surface area contributed by atoms with Gasteiger partial charge in [-0.1, -0.05) is 38.3 Å². The number of alkyl halides is 20. The van der Waals surface area contributed by atoms with E-state index in [2.05, 4.69) is 4.74 Å². The number of hydrogen-bond acceptors (Lipinski definition) is 2. The van der Waals surface area contributed by atoms with Crippen molar-refractivity contribution in [3.63, 3.8) is 0 Å². The zero-order valence-corrected chi connectivity index (χ0v) is 25.1. The molecule has 22 heteroatoms. The normalized spacial score (nSPS) is 19.6. The summed E-state index contributed by atoms with van der Waals surface area (Å²) in [6.45, 7) is -1.38. The zero-order valence-electron chi connectivity index (χ0n) is 25.1. The first-order valence-electron chi connectivity index (χ1n) is 14.3. The Morgan fingerprint density at radius 2 is 1.04 bits per heavy atom. The molecule has 290 valence electrons. The highest BCUT2D eigenvalue weighted by atomic mass is 19.4. The fraction of sp³-hybridized carbons (Fsp3) is 0.750. The first-order chi connectivity index (χ1) is 22.3. The van der Waals surface area contributed by atoms with Crippen molar-refractivity contribution in [2.45, 2.75) is 118 Å². The SMILES string of the molecule is CCCC[C@H]1CC[C@H](c2ccc(C(=O)OCC(F)(F)C(F)(F)C(F)(F)C(F)(F)C(F)(F)C(F)(F)C(F)(F)C(F)(F)C(F)(F)C(F)F)cc2)CC1. The van der Waals surface area contributed by atoms with Crippen molar-refractivity contribution < 1.29 is 97.3 Å². The fourth-order valence-corrected chi connectivity index (χ4v) is 5.06. The minimum Gasteiger partial charge on any atom is -0.455 e. The third kappa shape index (κ3) is 6.92. The van der Waals surface area contributed by atoms with E-state index >= 15 is 0 Å². The molecule has 0 aromatic heterocycles. The van der Waals surface area contributed by atoms with Crippen molar-refractivity contribution in [3.8, 4) is 0 Å². The molecule has 1 aliphatic carbocycles. The van der Waals surface area contributed by atoms with E-state index in [0.717, 1.165) is 44.2 Å². The van der Waals surface area contributed by atoms with Crippen LogP contribution >= 0.6 is 0 Å². The largest absolute Gasteiger partial charge is 0.455 e. The molecule has 0 spiro atoms. The highest BCUT2D eigenvalue weighted by molar-refractivity contribution is 5.89. The number of hydrogen-bond donors (Lipinski definition) is 0. The third-order valence-electron chi connectivity index (χ3n) is 8.33. The first-order valence-corrected chi connectivity index (χ1v) is 14.3. The fourth-order valence-electron chi connectivity index (χ4n) is 5.06. The summed E-state index contributed by atoms with van der Waals surface area (Å²) < 4.78 is 275. The maximum absolute atomic E-state index is 14.1. The van der Waals surface area contributed by atoms with Crippen LogP contribution in [0.1, 0.15) is 73.7 Å². The smallest absolute Gasteiger partial charge is 0.385 e. The van der Waals surface area contributed by atoms with Gasteiger partial charge in [0.05, 0.1) is 5.56 Å². The molecule has 0 unspecified atom stereocenters. The molecular formula is C28H26F20O2. The summed E-state index contributed by atoms with van der Waals surface area (Å²) in [6.07, 6.45) is 0.0411. The minimum atomic E-state index is -9.10. The van der Waals surface area contributed by atoms with E-state index in [9.17, 15) is 92.6 Å². The Morgan fingerprint density at radius 3 is 1.44 bits per heavy atom. The number of ether oxygens (including phenoxy) is 1. The van der Waals surface area contributed by atoms with Crippen LogP contribution in [0.2, 0.25) is 0 Å². The maximum Gasteiger partial charge on any atom is 0.385 e. The highest BCUT2D eigenvalue weighted by Crippen LogP contribution is 2.65. The lowest BCUT2D eigenvalue weighted by Crippen LogP contribution is -2.76. The maximum atomic E-state index is 14.1. The Kier molecular flexibility index (Phi) is 12.2. The van der Waals surface area contributed by atoms with Crippen molar-refractivity contribution >= 4 is 5.97 Å². The Bertz CT molecular complexity index is 1300. The van der Waals surface area contributed by atoms with Crippen LogP contribution in [0.4, 0.5) is 87.8 Å². The van der Waals surface area contributed by atoms with E-state index in [-0.39, 0.29) is 5.92 Å². The molecule has 0 amide bonds. The van der Waals surface area contributed by atoms with Gasteiger partial charge in [-0.05, 0) is 55.2 Å². The van der Waals surface area contributed by atoms with E-state index in [0.29, 0.717) is 24.3 Å². The lowest BCUT2D eigenvalue weighted by Gasteiger charge is -2.44. The number of rotatable bonds is 16. The van der Waals surface area contributed by atoms with Crippen LogP contribution in [-0.4, -0.2) is 72.3 Å². The number of halogens is 20. The summed E-state index contributed by atoms with van der Waals surface area (Å²) in [7, 11) is 0. The van der Waals surface area contributed by atoms with Crippen molar-refractivity contribution in [2.75, 3.05) is 6.61 Å². The van der Waals surface area contributed by atoms with Crippen LogP contribution in [0.15, 0.2) is 24.3 Å². The number of carbonyl (C=O) groups excluding carboxylic acids is 1. The van der Waals surface area contributed by atoms with Gasteiger partial charge in [-0.3, -0.25) is 0 Å². The number of unbranched alkanes of at least 4 members (excludes halogenated alkanes) is 1. The summed E-state index contributed by atoms with van der Waals surface area (Å²) in [5.74, 6) is -77.6. The second-order valence-electron chi connectivity index (χ2n) is 11.7. The molecule has 0 atom stereocenters. The van der Waals surface area contributed by atoms with Crippen molar-refractivity contribution in [3.05, 3.63) is 35.4 Å². The van der Waals surface area contributed by atoms with Gasteiger partial charge in [0, 0.05) is 0 Å². The van der Waals surface area contributed by atoms with Crippen LogP contribution in [0.5, 0.6) is 0 Å². The van der Waals surface area contributed by atoms with Crippen LogP contribution in [0.25, 0.3) is 0 Å². The first kappa shape index (κ1) is 43.5. The Labute approximate surface area is 269 Å². The van der Waals surface area contributed by atoms with Gasteiger partial charge in [-0.25, -0.2) is 13.6 Å². The molecule has 1 saturated carbocycles. The summed E-state index contributed by atoms with van der Waals surface area (Å²) in [4.78, 5) is 12.1. The summed E-state index contributed by atoms with van der Waals surface area (Å²) in [6, 6.07) is 4.31. The molecule has 0 N–H and O–H groups in total. The van der Waals surface area contributed by atoms with Crippen molar-refractivity contribution in [2.24, 2.45) is 5.92 Å². The van der Waals surface area contributed by atoms with Crippen molar-refractivity contribution in [1.82, 2.24) is 0 Å². The predicted molar refractivity (Wildman–Crippen MR) is 131 cm³/mol. The summed E-state index contributed by atoms with van der Waals surface area (Å²) >= 11 is 0. The van der Waals surface area contributed by atoms with Gasteiger partial charge in [-0.2, -0.15) is 79.0 Å².